The molecule has 2 aliphatic carbocycles. The number of hydrogen-bond acceptors (Lipinski definition) is 2. The zero-order valence-electron chi connectivity index (χ0n) is 8.18. The van der Waals surface area contributed by atoms with Crippen LogP contribution in [0, 0.1) is 0 Å². The summed E-state index contributed by atoms with van der Waals surface area (Å²) in [6, 6.07) is 5.30. The molecule has 0 radical (unpaired) electrons. The van der Waals surface area contributed by atoms with E-state index < -0.39 is 5.97 Å². The minimum atomic E-state index is -0.893. The van der Waals surface area contributed by atoms with Crippen LogP contribution in [0.5, 0.6) is 0 Å². The third-order valence-corrected chi connectivity index (χ3v) is 3.70. The van der Waals surface area contributed by atoms with E-state index in [0.717, 1.165) is 18.4 Å². The summed E-state index contributed by atoms with van der Waals surface area (Å²) in [6.45, 7) is 0. The predicted octanol–water partition coefficient (Wildman–Crippen LogP) is 1.72. The topological polar surface area (TPSA) is 57.5 Å². The summed E-state index contributed by atoms with van der Waals surface area (Å²) >= 11 is 0. The average molecular weight is 204 g/mol. The lowest BCUT2D eigenvalue weighted by atomic mass is 9.89. The zero-order chi connectivity index (χ0) is 10.6. The monoisotopic (exact) mass is 204 g/mol. The summed E-state index contributed by atoms with van der Waals surface area (Å²) < 4.78 is 0. The van der Waals surface area contributed by atoms with E-state index in [0.29, 0.717) is 11.5 Å². The van der Waals surface area contributed by atoms with Gasteiger partial charge in [0.1, 0.15) is 0 Å². The van der Waals surface area contributed by atoms with Gasteiger partial charge in [0, 0.05) is 5.92 Å². The van der Waals surface area contributed by atoms with E-state index in [4.69, 9.17) is 5.11 Å². The van der Waals surface area contributed by atoms with Gasteiger partial charge in [-0.25, -0.2) is 4.79 Å². The Morgan fingerprint density at radius 1 is 1.27 bits per heavy atom. The number of aliphatic hydroxyl groups is 1. The van der Waals surface area contributed by atoms with Crippen LogP contribution in [-0.2, 0) is 0 Å². The maximum Gasteiger partial charge on any atom is 0.335 e. The van der Waals surface area contributed by atoms with Gasteiger partial charge in [-0.05, 0) is 42.0 Å². The third kappa shape index (κ3) is 1.13. The predicted molar refractivity (Wildman–Crippen MR) is 54.1 cm³/mol. The van der Waals surface area contributed by atoms with E-state index in [2.05, 4.69) is 0 Å². The standard InChI is InChI=1S/C12H12O3/c13-11-5-7-4-10(11)9-3-6(12(14)15)1-2-8(7)9/h1-3,7,10-11,13H,4-5H2,(H,14,15)/t7-,10-,11-/m0/s1. The fraction of sp³-hybridized carbons (Fsp3) is 0.417. The molecule has 3 rings (SSSR count). The van der Waals surface area contributed by atoms with Gasteiger partial charge in [0.25, 0.3) is 0 Å². The number of carboxylic acids is 1. The number of aliphatic hydroxyl groups excluding tert-OH is 1. The molecule has 0 amide bonds. The molecule has 2 N–H and O–H groups in total. The van der Waals surface area contributed by atoms with E-state index >= 15 is 0 Å². The van der Waals surface area contributed by atoms with Crippen LogP contribution in [0.3, 0.4) is 0 Å². The number of aromatic carboxylic acids is 1. The molecule has 1 saturated carbocycles. The first-order chi connectivity index (χ1) is 7.16. The zero-order valence-corrected chi connectivity index (χ0v) is 8.18. The Kier molecular flexibility index (Phi) is 1.68. The van der Waals surface area contributed by atoms with Crippen molar-refractivity contribution >= 4 is 5.97 Å². The SMILES string of the molecule is O=C(O)c1ccc2c(c1)[C@@H]1C[C@H]2C[C@@H]1O. The molecule has 2 aliphatic rings. The molecule has 3 nitrogen and oxygen atoms in total. The lowest BCUT2D eigenvalue weighted by Gasteiger charge is -2.20. The first-order valence-electron chi connectivity index (χ1n) is 5.22. The summed E-state index contributed by atoms with van der Waals surface area (Å²) in [5.74, 6) is -0.276. The Morgan fingerprint density at radius 2 is 2.07 bits per heavy atom. The van der Waals surface area contributed by atoms with Crippen LogP contribution >= 0.6 is 0 Å². The normalized spacial score (nSPS) is 31.7. The van der Waals surface area contributed by atoms with Gasteiger partial charge >= 0.3 is 5.97 Å². The molecule has 0 spiro atoms. The molecule has 1 aromatic rings. The fourth-order valence-corrected chi connectivity index (χ4v) is 3.00. The van der Waals surface area contributed by atoms with Gasteiger partial charge in [0.2, 0.25) is 0 Å². The Hall–Kier alpha value is -1.35. The Morgan fingerprint density at radius 3 is 2.80 bits per heavy atom. The van der Waals surface area contributed by atoms with Crippen molar-refractivity contribution in [3.8, 4) is 0 Å². The summed E-state index contributed by atoms with van der Waals surface area (Å²) in [5, 5.41) is 18.6. The van der Waals surface area contributed by atoms with Gasteiger partial charge in [0.05, 0.1) is 11.7 Å². The Balaban J connectivity index is 2.11. The molecular formula is C12H12O3. The van der Waals surface area contributed by atoms with Gasteiger partial charge in [-0.3, -0.25) is 0 Å². The Labute approximate surface area is 87.4 Å². The Bertz CT molecular complexity index is 438. The van der Waals surface area contributed by atoms with Gasteiger partial charge in [-0.15, -0.1) is 0 Å². The van der Waals surface area contributed by atoms with Crippen molar-refractivity contribution in [2.24, 2.45) is 0 Å². The van der Waals surface area contributed by atoms with Crippen LogP contribution in [-0.4, -0.2) is 22.3 Å². The number of fused-ring (bicyclic) bond motifs is 5. The highest BCUT2D eigenvalue weighted by Gasteiger charge is 2.43. The molecule has 3 heteroatoms. The van der Waals surface area contributed by atoms with Gasteiger partial charge in [-0.2, -0.15) is 0 Å². The second kappa shape index (κ2) is 2.83. The van der Waals surface area contributed by atoms with Gasteiger partial charge < -0.3 is 10.2 Å². The second-order valence-electron chi connectivity index (χ2n) is 4.49. The molecule has 1 aromatic carbocycles. The lowest BCUT2D eigenvalue weighted by Crippen LogP contribution is -2.15. The molecule has 0 heterocycles. The molecule has 1 fully saturated rings. The first-order valence-corrected chi connectivity index (χ1v) is 5.22. The van der Waals surface area contributed by atoms with Crippen LogP contribution in [0.4, 0.5) is 0 Å². The van der Waals surface area contributed by atoms with Crippen molar-refractivity contribution in [2.75, 3.05) is 0 Å². The summed E-state index contributed by atoms with van der Waals surface area (Å²) in [4.78, 5) is 10.8. The minimum absolute atomic E-state index is 0.171. The van der Waals surface area contributed by atoms with E-state index in [-0.39, 0.29) is 12.0 Å². The molecule has 0 saturated heterocycles. The average Bonchev–Trinajstić information content (AvgIpc) is 2.74. The number of hydrogen-bond donors (Lipinski definition) is 2. The third-order valence-electron chi connectivity index (χ3n) is 3.70. The fourth-order valence-electron chi connectivity index (χ4n) is 3.00. The van der Waals surface area contributed by atoms with E-state index in [1.165, 1.54) is 5.56 Å². The number of benzene rings is 1. The summed E-state index contributed by atoms with van der Waals surface area (Å²) in [5.41, 5.74) is 2.63. The molecular weight excluding hydrogens is 192 g/mol. The molecule has 15 heavy (non-hydrogen) atoms. The highest BCUT2D eigenvalue weighted by molar-refractivity contribution is 5.88. The quantitative estimate of drug-likeness (QED) is 0.732. The molecule has 0 unspecified atom stereocenters. The molecule has 2 bridgehead atoms. The summed E-state index contributed by atoms with van der Waals surface area (Å²) in [7, 11) is 0. The molecule has 0 aliphatic heterocycles. The summed E-state index contributed by atoms with van der Waals surface area (Å²) in [6.07, 6.45) is 1.55. The largest absolute Gasteiger partial charge is 0.478 e. The molecule has 0 aromatic heterocycles. The smallest absolute Gasteiger partial charge is 0.335 e. The van der Waals surface area contributed by atoms with Crippen LogP contribution in [0.25, 0.3) is 0 Å². The molecule has 78 valence electrons. The maximum atomic E-state index is 10.8. The number of carbonyl (C=O) groups is 1. The van der Waals surface area contributed by atoms with Crippen LogP contribution < -0.4 is 0 Å². The molecule has 3 atom stereocenters. The van der Waals surface area contributed by atoms with Crippen LogP contribution in [0.2, 0.25) is 0 Å². The van der Waals surface area contributed by atoms with E-state index in [1.54, 1.807) is 12.1 Å². The number of carboxylic acid groups (broad SMARTS) is 1. The van der Waals surface area contributed by atoms with Gasteiger partial charge in [-0.1, -0.05) is 6.07 Å². The van der Waals surface area contributed by atoms with Crippen molar-refractivity contribution in [3.63, 3.8) is 0 Å². The van der Waals surface area contributed by atoms with Crippen LogP contribution in [0.15, 0.2) is 18.2 Å². The number of rotatable bonds is 1. The van der Waals surface area contributed by atoms with Crippen molar-refractivity contribution < 1.29 is 15.0 Å². The highest BCUT2D eigenvalue weighted by atomic mass is 16.4. The first kappa shape index (κ1) is 8.92. The van der Waals surface area contributed by atoms with Gasteiger partial charge in [0.15, 0.2) is 0 Å². The van der Waals surface area contributed by atoms with Crippen LogP contribution in [0.1, 0.15) is 46.2 Å². The van der Waals surface area contributed by atoms with Crippen molar-refractivity contribution in [1.29, 1.82) is 0 Å². The van der Waals surface area contributed by atoms with E-state index in [9.17, 15) is 9.90 Å². The second-order valence-corrected chi connectivity index (χ2v) is 4.49. The highest BCUT2D eigenvalue weighted by Crippen LogP contribution is 2.53. The van der Waals surface area contributed by atoms with Crippen molar-refractivity contribution in [2.45, 2.75) is 30.8 Å². The van der Waals surface area contributed by atoms with Crippen molar-refractivity contribution in [1.82, 2.24) is 0 Å². The maximum absolute atomic E-state index is 10.8. The van der Waals surface area contributed by atoms with E-state index in [1.807, 2.05) is 6.07 Å². The minimum Gasteiger partial charge on any atom is -0.478 e. The lowest BCUT2D eigenvalue weighted by molar-refractivity contribution is 0.0696. The van der Waals surface area contributed by atoms with Crippen molar-refractivity contribution in [3.05, 3.63) is 34.9 Å².